The minimum atomic E-state index is -0.0819. The Balaban J connectivity index is 1.56. The van der Waals surface area contributed by atoms with Crippen molar-refractivity contribution in [2.24, 2.45) is 5.92 Å². The van der Waals surface area contributed by atoms with Gasteiger partial charge in [-0.3, -0.25) is 4.40 Å². The van der Waals surface area contributed by atoms with Crippen molar-refractivity contribution in [2.45, 2.75) is 13.0 Å². The van der Waals surface area contributed by atoms with Gasteiger partial charge in [-0.25, -0.2) is 9.48 Å². The van der Waals surface area contributed by atoms with E-state index in [2.05, 4.69) is 10.4 Å². The monoisotopic (exact) mass is 262 g/mol. The van der Waals surface area contributed by atoms with E-state index in [1.54, 1.807) is 10.6 Å². The second-order valence-electron chi connectivity index (χ2n) is 4.87. The van der Waals surface area contributed by atoms with Crippen LogP contribution >= 0.6 is 0 Å². The Morgan fingerprint density at radius 2 is 2.42 bits per heavy atom. The van der Waals surface area contributed by atoms with E-state index >= 15 is 0 Å². The zero-order valence-corrected chi connectivity index (χ0v) is 10.8. The number of fused-ring (bicyclic) bond motifs is 1. The van der Waals surface area contributed by atoms with Gasteiger partial charge >= 0.3 is 5.69 Å². The van der Waals surface area contributed by atoms with E-state index in [9.17, 15) is 4.79 Å². The zero-order valence-electron chi connectivity index (χ0n) is 10.8. The van der Waals surface area contributed by atoms with Gasteiger partial charge in [0.05, 0.1) is 13.2 Å². The average Bonchev–Trinajstić information content (AvgIpc) is 3.04. The summed E-state index contributed by atoms with van der Waals surface area (Å²) < 4.78 is 8.39. The third-order valence-corrected chi connectivity index (χ3v) is 3.45. The molecule has 0 amide bonds. The van der Waals surface area contributed by atoms with Crippen molar-refractivity contribution in [3.63, 3.8) is 0 Å². The summed E-state index contributed by atoms with van der Waals surface area (Å²) in [5.74, 6) is 0.609. The molecule has 3 rings (SSSR count). The number of hydrogen-bond acceptors (Lipinski definition) is 4. The molecule has 0 aliphatic carbocycles. The fraction of sp³-hybridized carbons (Fsp3) is 0.538. The molecular weight excluding hydrogens is 244 g/mol. The van der Waals surface area contributed by atoms with Crippen LogP contribution in [0.4, 0.5) is 0 Å². The summed E-state index contributed by atoms with van der Waals surface area (Å²) in [5, 5.41) is 7.64. The molecule has 3 heterocycles. The molecule has 6 heteroatoms. The van der Waals surface area contributed by atoms with Crippen LogP contribution in [0.2, 0.25) is 0 Å². The van der Waals surface area contributed by atoms with Crippen molar-refractivity contribution < 1.29 is 4.74 Å². The molecule has 1 saturated heterocycles. The van der Waals surface area contributed by atoms with E-state index in [1.807, 2.05) is 18.2 Å². The van der Waals surface area contributed by atoms with Crippen molar-refractivity contribution in [3.05, 3.63) is 34.9 Å². The molecule has 1 aliphatic heterocycles. The maximum atomic E-state index is 12.0. The van der Waals surface area contributed by atoms with E-state index in [0.717, 1.165) is 32.7 Å². The summed E-state index contributed by atoms with van der Waals surface area (Å²) >= 11 is 0. The van der Waals surface area contributed by atoms with Gasteiger partial charge in [0.25, 0.3) is 0 Å². The van der Waals surface area contributed by atoms with Crippen molar-refractivity contribution in [1.29, 1.82) is 0 Å². The Kier molecular flexibility index (Phi) is 3.61. The number of aromatic nitrogens is 3. The quantitative estimate of drug-likeness (QED) is 0.778. The number of rotatable bonds is 5. The topological polar surface area (TPSA) is 60.6 Å². The van der Waals surface area contributed by atoms with Gasteiger partial charge in [0, 0.05) is 25.9 Å². The Bertz CT molecular complexity index is 598. The first kappa shape index (κ1) is 12.4. The Morgan fingerprint density at radius 3 is 3.21 bits per heavy atom. The van der Waals surface area contributed by atoms with Crippen LogP contribution < -0.4 is 11.0 Å². The largest absolute Gasteiger partial charge is 0.381 e. The first-order valence-corrected chi connectivity index (χ1v) is 6.67. The van der Waals surface area contributed by atoms with Crippen LogP contribution in [0.1, 0.15) is 6.42 Å². The standard InChI is InChI=1S/C13H18N4O2/c18-13-16-6-2-1-3-12(16)15-17(13)7-5-14-9-11-4-8-19-10-11/h1-3,6,11,14H,4-5,7-10H2. The second kappa shape index (κ2) is 5.54. The van der Waals surface area contributed by atoms with E-state index < -0.39 is 0 Å². The SMILES string of the molecule is O=c1n(CCNCC2CCOC2)nc2ccccn12. The first-order chi connectivity index (χ1) is 9.34. The molecule has 19 heavy (non-hydrogen) atoms. The molecule has 6 nitrogen and oxygen atoms in total. The molecule has 0 spiro atoms. The molecule has 102 valence electrons. The third kappa shape index (κ3) is 2.69. The number of hydrogen-bond donors (Lipinski definition) is 1. The molecule has 1 N–H and O–H groups in total. The number of nitrogens with zero attached hydrogens (tertiary/aromatic N) is 3. The Morgan fingerprint density at radius 1 is 1.47 bits per heavy atom. The maximum absolute atomic E-state index is 12.0. The molecule has 0 bridgehead atoms. The van der Waals surface area contributed by atoms with Gasteiger partial charge in [0.1, 0.15) is 0 Å². The predicted molar refractivity (Wildman–Crippen MR) is 71.2 cm³/mol. The van der Waals surface area contributed by atoms with E-state index in [1.165, 1.54) is 4.68 Å². The summed E-state index contributed by atoms with van der Waals surface area (Å²) in [6, 6.07) is 5.55. The molecule has 1 atom stereocenters. The van der Waals surface area contributed by atoms with Gasteiger partial charge in [-0.15, -0.1) is 5.10 Å². The fourth-order valence-corrected chi connectivity index (χ4v) is 2.35. The van der Waals surface area contributed by atoms with Crippen LogP contribution in [0.3, 0.4) is 0 Å². The summed E-state index contributed by atoms with van der Waals surface area (Å²) in [5.41, 5.74) is 0.610. The molecule has 2 aromatic rings. The van der Waals surface area contributed by atoms with Gasteiger partial charge in [-0.05, 0) is 24.5 Å². The summed E-state index contributed by atoms with van der Waals surface area (Å²) in [4.78, 5) is 12.0. The zero-order chi connectivity index (χ0) is 13.1. The van der Waals surface area contributed by atoms with Gasteiger partial charge in [-0.2, -0.15) is 0 Å². The first-order valence-electron chi connectivity index (χ1n) is 6.67. The van der Waals surface area contributed by atoms with Crippen LogP contribution in [0.15, 0.2) is 29.2 Å². The molecule has 1 unspecified atom stereocenters. The minimum absolute atomic E-state index is 0.0819. The second-order valence-corrected chi connectivity index (χ2v) is 4.87. The van der Waals surface area contributed by atoms with E-state index in [4.69, 9.17) is 4.74 Å². The predicted octanol–water partition coefficient (Wildman–Crippen LogP) is 0.122. The van der Waals surface area contributed by atoms with Crippen LogP contribution in [0.25, 0.3) is 5.65 Å². The van der Waals surface area contributed by atoms with Crippen LogP contribution in [0.5, 0.6) is 0 Å². The lowest BCUT2D eigenvalue weighted by molar-refractivity contribution is 0.185. The van der Waals surface area contributed by atoms with Crippen LogP contribution in [-0.2, 0) is 11.3 Å². The van der Waals surface area contributed by atoms with Gasteiger partial charge in [-0.1, -0.05) is 6.07 Å². The highest BCUT2D eigenvalue weighted by molar-refractivity contribution is 5.35. The Labute approximate surface area is 111 Å². The smallest absolute Gasteiger partial charge is 0.350 e. The van der Waals surface area contributed by atoms with Gasteiger partial charge in [0.15, 0.2) is 5.65 Å². The lowest BCUT2D eigenvalue weighted by Gasteiger charge is -2.08. The normalized spacial score (nSPS) is 19.3. The molecule has 1 fully saturated rings. The van der Waals surface area contributed by atoms with Crippen molar-refractivity contribution in [1.82, 2.24) is 19.5 Å². The molecule has 1 aliphatic rings. The number of ether oxygens (including phenoxy) is 1. The highest BCUT2D eigenvalue weighted by atomic mass is 16.5. The molecular formula is C13H18N4O2. The van der Waals surface area contributed by atoms with Gasteiger partial charge < -0.3 is 10.1 Å². The summed E-state index contributed by atoms with van der Waals surface area (Å²) in [6.07, 6.45) is 2.87. The summed E-state index contributed by atoms with van der Waals surface area (Å²) in [7, 11) is 0. The van der Waals surface area contributed by atoms with Crippen LogP contribution in [-0.4, -0.2) is 40.5 Å². The number of nitrogens with one attached hydrogen (secondary N) is 1. The van der Waals surface area contributed by atoms with Crippen molar-refractivity contribution in [3.8, 4) is 0 Å². The number of pyridine rings is 1. The molecule has 0 aromatic carbocycles. The maximum Gasteiger partial charge on any atom is 0.350 e. The lowest BCUT2D eigenvalue weighted by Crippen LogP contribution is -2.30. The highest BCUT2D eigenvalue weighted by Gasteiger charge is 2.14. The van der Waals surface area contributed by atoms with E-state index in [-0.39, 0.29) is 5.69 Å². The minimum Gasteiger partial charge on any atom is -0.381 e. The fourth-order valence-electron chi connectivity index (χ4n) is 2.35. The molecule has 0 saturated carbocycles. The lowest BCUT2D eigenvalue weighted by atomic mass is 10.1. The highest BCUT2D eigenvalue weighted by Crippen LogP contribution is 2.10. The molecule has 0 radical (unpaired) electrons. The van der Waals surface area contributed by atoms with Gasteiger partial charge in [0.2, 0.25) is 0 Å². The summed E-state index contributed by atoms with van der Waals surface area (Å²) in [6.45, 7) is 4.01. The third-order valence-electron chi connectivity index (χ3n) is 3.45. The average molecular weight is 262 g/mol. The molecule has 2 aromatic heterocycles. The van der Waals surface area contributed by atoms with Crippen LogP contribution in [0, 0.1) is 5.92 Å². The van der Waals surface area contributed by atoms with E-state index in [0.29, 0.717) is 18.1 Å². The Hall–Kier alpha value is -1.66. The van der Waals surface area contributed by atoms with Crippen molar-refractivity contribution >= 4 is 5.65 Å². The van der Waals surface area contributed by atoms with Crippen molar-refractivity contribution in [2.75, 3.05) is 26.3 Å².